The van der Waals surface area contributed by atoms with Gasteiger partial charge in [-0.05, 0) is 30.3 Å². The average molecular weight is 355 g/mol. The first kappa shape index (κ1) is 14.8. The van der Waals surface area contributed by atoms with Crippen molar-refractivity contribution < 1.29 is 4.79 Å². The Bertz CT molecular complexity index is 646. The summed E-state index contributed by atoms with van der Waals surface area (Å²) in [6.07, 6.45) is 1.55. The smallest absolute Gasteiger partial charge is 0.258 e. The molecule has 0 saturated heterocycles. The maximum Gasteiger partial charge on any atom is 0.258 e. The second-order valence-corrected chi connectivity index (χ2v) is 5.63. The number of hydrogen-bond donors (Lipinski definition) is 1. The number of carbonyl (C=O) groups excluding carboxylic acids is 1. The van der Waals surface area contributed by atoms with Crippen molar-refractivity contribution in [2.24, 2.45) is 0 Å². The summed E-state index contributed by atoms with van der Waals surface area (Å²) in [5.41, 5.74) is 1.95. The summed E-state index contributed by atoms with van der Waals surface area (Å²) in [7, 11) is 3.83. The highest BCUT2D eigenvalue weighted by molar-refractivity contribution is 9.10. The summed E-state index contributed by atoms with van der Waals surface area (Å²) in [5, 5.41) is 3.04. The molecule has 0 unspecified atom stereocenters. The molecule has 0 spiro atoms. The summed E-state index contributed by atoms with van der Waals surface area (Å²) >= 11 is 9.33. The lowest BCUT2D eigenvalue weighted by Crippen LogP contribution is -2.17. The quantitative estimate of drug-likeness (QED) is 0.852. The van der Waals surface area contributed by atoms with E-state index in [-0.39, 0.29) is 11.1 Å². The Labute approximate surface area is 130 Å². The van der Waals surface area contributed by atoms with Gasteiger partial charge in [0.1, 0.15) is 5.15 Å². The molecule has 6 heteroatoms. The van der Waals surface area contributed by atoms with Gasteiger partial charge in [0.25, 0.3) is 5.91 Å². The third-order valence-electron chi connectivity index (χ3n) is 2.69. The molecule has 0 bridgehead atoms. The van der Waals surface area contributed by atoms with E-state index < -0.39 is 0 Å². The van der Waals surface area contributed by atoms with E-state index in [1.54, 1.807) is 18.3 Å². The van der Waals surface area contributed by atoms with E-state index in [1.165, 1.54) is 0 Å². The molecule has 2 rings (SSSR count). The molecule has 0 radical (unpaired) electrons. The maximum absolute atomic E-state index is 12.3. The van der Waals surface area contributed by atoms with Crippen LogP contribution in [0.25, 0.3) is 0 Å². The number of aromatic nitrogens is 1. The monoisotopic (exact) mass is 353 g/mol. The first-order valence-electron chi connectivity index (χ1n) is 5.88. The van der Waals surface area contributed by atoms with Crippen LogP contribution in [0.1, 0.15) is 10.4 Å². The Morgan fingerprint density at radius 2 is 2.10 bits per heavy atom. The number of amides is 1. The van der Waals surface area contributed by atoms with Crippen LogP contribution in [-0.2, 0) is 0 Å². The molecule has 0 saturated carbocycles. The molecule has 2 aromatic rings. The topological polar surface area (TPSA) is 45.2 Å². The van der Waals surface area contributed by atoms with Gasteiger partial charge in [0, 0.05) is 24.8 Å². The summed E-state index contributed by atoms with van der Waals surface area (Å²) in [4.78, 5) is 18.1. The SMILES string of the molecule is CN(C)c1ccc(Br)cc1NC(=O)c1cccnc1Cl. The fourth-order valence-corrected chi connectivity index (χ4v) is 2.31. The van der Waals surface area contributed by atoms with Crippen LogP contribution < -0.4 is 10.2 Å². The van der Waals surface area contributed by atoms with Crippen LogP contribution in [0.2, 0.25) is 5.15 Å². The Kier molecular flexibility index (Phi) is 4.62. The van der Waals surface area contributed by atoms with Crippen molar-refractivity contribution in [1.82, 2.24) is 4.98 Å². The predicted octanol–water partition coefficient (Wildman–Crippen LogP) is 3.82. The van der Waals surface area contributed by atoms with Gasteiger partial charge in [-0.25, -0.2) is 4.98 Å². The molecule has 4 nitrogen and oxygen atoms in total. The van der Waals surface area contributed by atoms with Crippen LogP contribution in [-0.4, -0.2) is 25.0 Å². The molecular formula is C14H13BrClN3O. The van der Waals surface area contributed by atoms with Crippen LogP contribution in [0.15, 0.2) is 41.0 Å². The van der Waals surface area contributed by atoms with Crippen LogP contribution >= 0.6 is 27.5 Å². The number of nitrogens with zero attached hydrogens (tertiary/aromatic N) is 2. The molecule has 0 fully saturated rings. The molecule has 1 heterocycles. The van der Waals surface area contributed by atoms with Crippen molar-refractivity contribution in [2.75, 3.05) is 24.3 Å². The van der Waals surface area contributed by atoms with Crippen molar-refractivity contribution in [2.45, 2.75) is 0 Å². The highest BCUT2D eigenvalue weighted by Crippen LogP contribution is 2.28. The Morgan fingerprint density at radius 1 is 1.35 bits per heavy atom. The highest BCUT2D eigenvalue weighted by Gasteiger charge is 2.13. The number of pyridine rings is 1. The Morgan fingerprint density at radius 3 is 2.75 bits per heavy atom. The zero-order valence-corrected chi connectivity index (χ0v) is 13.4. The largest absolute Gasteiger partial charge is 0.376 e. The van der Waals surface area contributed by atoms with Gasteiger partial charge in [-0.1, -0.05) is 27.5 Å². The number of halogens is 2. The number of anilines is 2. The second-order valence-electron chi connectivity index (χ2n) is 4.35. The summed E-state index contributed by atoms with van der Waals surface area (Å²) in [5.74, 6) is -0.288. The number of hydrogen-bond acceptors (Lipinski definition) is 3. The van der Waals surface area contributed by atoms with E-state index in [2.05, 4.69) is 26.2 Å². The van der Waals surface area contributed by atoms with Gasteiger partial charge in [0.2, 0.25) is 0 Å². The Hall–Kier alpha value is -1.59. The lowest BCUT2D eigenvalue weighted by atomic mass is 10.2. The van der Waals surface area contributed by atoms with Crippen molar-refractivity contribution in [3.63, 3.8) is 0 Å². The molecule has 1 aromatic carbocycles. The fourth-order valence-electron chi connectivity index (χ4n) is 1.74. The zero-order chi connectivity index (χ0) is 14.7. The number of carbonyl (C=O) groups is 1. The summed E-state index contributed by atoms with van der Waals surface area (Å²) in [6, 6.07) is 9.00. The summed E-state index contributed by atoms with van der Waals surface area (Å²) in [6.45, 7) is 0. The van der Waals surface area contributed by atoms with Crippen molar-refractivity contribution >= 4 is 44.8 Å². The first-order valence-corrected chi connectivity index (χ1v) is 7.05. The minimum absolute atomic E-state index is 0.186. The second kappa shape index (κ2) is 6.24. The standard InChI is InChI=1S/C14H13BrClN3O/c1-19(2)12-6-5-9(15)8-11(12)18-14(20)10-4-3-7-17-13(10)16/h3-8H,1-2H3,(H,18,20). The molecule has 1 aromatic heterocycles. The Balaban J connectivity index is 2.33. The molecule has 1 amide bonds. The van der Waals surface area contributed by atoms with E-state index in [4.69, 9.17) is 11.6 Å². The minimum Gasteiger partial charge on any atom is -0.376 e. The number of rotatable bonds is 3. The normalized spacial score (nSPS) is 10.2. The number of benzene rings is 1. The van der Waals surface area contributed by atoms with E-state index in [1.807, 2.05) is 37.2 Å². The van der Waals surface area contributed by atoms with Gasteiger partial charge in [-0.2, -0.15) is 0 Å². The van der Waals surface area contributed by atoms with Crippen LogP contribution in [0.4, 0.5) is 11.4 Å². The number of nitrogens with one attached hydrogen (secondary N) is 1. The molecule has 0 aliphatic rings. The van der Waals surface area contributed by atoms with Crippen molar-refractivity contribution in [3.8, 4) is 0 Å². The molecule has 104 valence electrons. The van der Waals surface area contributed by atoms with Crippen molar-refractivity contribution in [1.29, 1.82) is 0 Å². The van der Waals surface area contributed by atoms with Gasteiger partial charge < -0.3 is 10.2 Å². The minimum atomic E-state index is -0.288. The van der Waals surface area contributed by atoms with E-state index in [9.17, 15) is 4.79 Å². The van der Waals surface area contributed by atoms with Gasteiger partial charge in [-0.15, -0.1) is 0 Å². The fraction of sp³-hybridized carbons (Fsp3) is 0.143. The van der Waals surface area contributed by atoms with E-state index >= 15 is 0 Å². The van der Waals surface area contributed by atoms with E-state index in [0.717, 1.165) is 10.2 Å². The lowest BCUT2D eigenvalue weighted by Gasteiger charge is -2.18. The summed E-state index contributed by atoms with van der Waals surface area (Å²) < 4.78 is 0.885. The van der Waals surface area contributed by atoms with E-state index in [0.29, 0.717) is 11.3 Å². The molecule has 1 N–H and O–H groups in total. The van der Waals surface area contributed by atoms with Gasteiger partial charge in [0.05, 0.1) is 16.9 Å². The van der Waals surface area contributed by atoms with Gasteiger partial charge in [-0.3, -0.25) is 4.79 Å². The predicted molar refractivity (Wildman–Crippen MR) is 85.7 cm³/mol. The molecular weight excluding hydrogens is 342 g/mol. The third-order valence-corrected chi connectivity index (χ3v) is 3.49. The average Bonchev–Trinajstić information content (AvgIpc) is 2.38. The first-order chi connectivity index (χ1) is 9.49. The molecule has 20 heavy (non-hydrogen) atoms. The molecule has 0 aliphatic heterocycles. The van der Waals surface area contributed by atoms with Crippen LogP contribution in [0, 0.1) is 0 Å². The zero-order valence-electron chi connectivity index (χ0n) is 11.0. The molecule has 0 atom stereocenters. The van der Waals surface area contributed by atoms with Crippen LogP contribution in [0.5, 0.6) is 0 Å². The van der Waals surface area contributed by atoms with Crippen LogP contribution in [0.3, 0.4) is 0 Å². The highest BCUT2D eigenvalue weighted by atomic mass is 79.9. The van der Waals surface area contributed by atoms with Crippen molar-refractivity contribution in [3.05, 3.63) is 51.7 Å². The molecule has 0 aliphatic carbocycles. The maximum atomic E-state index is 12.3. The van der Waals surface area contributed by atoms with Gasteiger partial charge in [0.15, 0.2) is 0 Å². The lowest BCUT2D eigenvalue weighted by molar-refractivity contribution is 0.102. The third kappa shape index (κ3) is 3.29. The van der Waals surface area contributed by atoms with Gasteiger partial charge >= 0.3 is 0 Å².